The normalized spacial score (nSPS) is 14.3. The van der Waals surface area contributed by atoms with Gasteiger partial charge in [0.25, 0.3) is 0 Å². The standard InChI is InChI=1S/C14H20O2/c1-9-6-7-14(8-10(9)2)11(3)12(4)16-13(5)15/h6-8,11-12H,1-5H3/t11-,12-/m1/s1. The van der Waals surface area contributed by atoms with Crippen molar-refractivity contribution in [2.75, 3.05) is 0 Å². The Hall–Kier alpha value is -1.31. The Morgan fingerprint density at radius 2 is 1.81 bits per heavy atom. The molecule has 1 aromatic rings. The summed E-state index contributed by atoms with van der Waals surface area (Å²) in [6.45, 7) is 9.66. The van der Waals surface area contributed by atoms with Gasteiger partial charge in [0.1, 0.15) is 6.10 Å². The van der Waals surface area contributed by atoms with E-state index in [9.17, 15) is 4.79 Å². The minimum atomic E-state index is -0.219. The number of hydrogen-bond donors (Lipinski definition) is 0. The molecule has 0 aliphatic heterocycles. The summed E-state index contributed by atoms with van der Waals surface area (Å²) in [5.74, 6) is 0.00591. The molecule has 2 atom stereocenters. The van der Waals surface area contributed by atoms with Crippen LogP contribution in [-0.2, 0) is 9.53 Å². The molecule has 0 unspecified atom stereocenters. The number of carbonyl (C=O) groups is 1. The second kappa shape index (κ2) is 5.15. The third kappa shape index (κ3) is 3.09. The Balaban J connectivity index is 2.83. The molecule has 1 aromatic carbocycles. The number of benzene rings is 1. The number of ether oxygens (including phenoxy) is 1. The van der Waals surface area contributed by atoms with E-state index >= 15 is 0 Å². The minimum Gasteiger partial charge on any atom is -0.462 e. The highest BCUT2D eigenvalue weighted by atomic mass is 16.5. The van der Waals surface area contributed by atoms with Gasteiger partial charge in [0.05, 0.1) is 0 Å². The summed E-state index contributed by atoms with van der Waals surface area (Å²) in [4.78, 5) is 10.9. The summed E-state index contributed by atoms with van der Waals surface area (Å²) >= 11 is 0. The van der Waals surface area contributed by atoms with Gasteiger partial charge >= 0.3 is 5.97 Å². The summed E-state index contributed by atoms with van der Waals surface area (Å²) < 4.78 is 5.20. The Morgan fingerprint density at radius 3 is 2.31 bits per heavy atom. The molecule has 2 nitrogen and oxygen atoms in total. The predicted octanol–water partition coefficient (Wildman–Crippen LogP) is 3.36. The fraction of sp³-hybridized carbons (Fsp3) is 0.500. The van der Waals surface area contributed by atoms with E-state index in [2.05, 4.69) is 39.0 Å². The highest BCUT2D eigenvalue weighted by Crippen LogP contribution is 2.23. The second-order valence-corrected chi connectivity index (χ2v) is 4.45. The predicted molar refractivity (Wildman–Crippen MR) is 65.6 cm³/mol. The number of aryl methyl sites for hydroxylation is 2. The van der Waals surface area contributed by atoms with Crippen LogP contribution in [0.1, 0.15) is 43.4 Å². The zero-order chi connectivity index (χ0) is 12.3. The first-order valence-corrected chi connectivity index (χ1v) is 5.66. The van der Waals surface area contributed by atoms with Gasteiger partial charge in [0.2, 0.25) is 0 Å². The van der Waals surface area contributed by atoms with Crippen molar-refractivity contribution >= 4 is 5.97 Å². The van der Waals surface area contributed by atoms with Crippen molar-refractivity contribution < 1.29 is 9.53 Å². The van der Waals surface area contributed by atoms with Gasteiger partial charge in [-0.15, -0.1) is 0 Å². The molecule has 0 spiro atoms. The van der Waals surface area contributed by atoms with Crippen molar-refractivity contribution in [3.05, 3.63) is 34.9 Å². The number of esters is 1. The Labute approximate surface area is 97.6 Å². The van der Waals surface area contributed by atoms with E-state index in [1.807, 2.05) is 6.92 Å². The van der Waals surface area contributed by atoms with Gasteiger partial charge in [-0.3, -0.25) is 4.79 Å². The summed E-state index contributed by atoms with van der Waals surface area (Å²) in [7, 11) is 0. The molecular formula is C14H20O2. The molecule has 0 heterocycles. The molecule has 88 valence electrons. The van der Waals surface area contributed by atoms with Gasteiger partial charge in [0.15, 0.2) is 0 Å². The second-order valence-electron chi connectivity index (χ2n) is 4.45. The van der Waals surface area contributed by atoms with E-state index in [0.29, 0.717) is 0 Å². The van der Waals surface area contributed by atoms with Crippen LogP contribution in [0.15, 0.2) is 18.2 Å². The van der Waals surface area contributed by atoms with E-state index in [0.717, 1.165) is 0 Å². The Kier molecular flexibility index (Phi) is 4.11. The first-order chi connectivity index (χ1) is 7.41. The van der Waals surface area contributed by atoms with Crippen LogP contribution in [0.5, 0.6) is 0 Å². The molecule has 0 N–H and O–H groups in total. The van der Waals surface area contributed by atoms with Crippen molar-refractivity contribution in [2.24, 2.45) is 0 Å². The molecule has 0 amide bonds. The van der Waals surface area contributed by atoms with Crippen molar-refractivity contribution in [1.29, 1.82) is 0 Å². The minimum absolute atomic E-state index is 0.0837. The lowest BCUT2D eigenvalue weighted by Crippen LogP contribution is -2.19. The van der Waals surface area contributed by atoms with Crippen LogP contribution in [0.4, 0.5) is 0 Å². The molecule has 0 aliphatic carbocycles. The zero-order valence-corrected chi connectivity index (χ0v) is 10.7. The van der Waals surface area contributed by atoms with Gasteiger partial charge < -0.3 is 4.74 Å². The molecule has 0 saturated carbocycles. The number of carbonyl (C=O) groups excluding carboxylic acids is 1. The van der Waals surface area contributed by atoms with Gasteiger partial charge in [0, 0.05) is 12.8 Å². The van der Waals surface area contributed by atoms with Gasteiger partial charge in [-0.05, 0) is 37.5 Å². The molecule has 1 rings (SSSR count). The molecule has 16 heavy (non-hydrogen) atoms. The summed E-state index contributed by atoms with van der Waals surface area (Å²) in [5.41, 5.74) is 3.78. The summed E-state index contributed by atoms with van der Waals surface area (Å²) in [5, 5.41) is 0. The van der Waals surface area contributed by atoms with Crippen LogP contribution in [-0.4, -0.2) is 12.1 Å². The lowest BCUT2D eigenvalue weighted by atomic mass is 9.93. The highest BCUT2D eigenvalue weighted by Gasteiger charge is 2.17. The van der Waals surface area contributed by atoms with E-state index in [1.54, 1.807) is 0 Å². The van der Waals surface area contributed by atoms with Crippen molar-refractivity contribution in [1.82, 2.24) is 0 Å². The third-order valence-electron chi connectivity index (χ3n) is 3.11. The quantitative estimate of drug-likeness (QED) is 0.730. The maximum atomic E-state index is 10.9. The maximum Gasteiger partial charge on any atom is 0.302 e. The Bertz CT molecular complexity index is 382. The highest BCUT2D eigenvalue weighted by molar-refractivity contribution is 5.66. The van der Waals surface area contributed by atoms with Gasteiger partial charge in [-0.1, -0.05) is 25.1 Å². The van der Waals surface area contributed by atoms with Gasteiger partial charge in [-0.25, -0.2) is 0 Å². The van der Waals surface area contributed by atoms with Crippen LogP contribution >= 0.6 is 0 Å². The van der Waals surface area contributed by atoms with Crippen molar-refractivity contribution in [3.8, 4) is 0 Å². The van der Waals surface area contributed by atoms with E-state index in [-0.39, 0.29) is 18.0 Å². The van der Waals surface area contributed by atoms with E-state index in [4.69, 9.17) is 4.74 Å². The van der Waals surface area contributed by atoms with Crippen LogP contribution in [0.2, 0.25) is 0 Å². The SMILES string of the molecule is CC(=O)O[C@H](C)[C@@H](C)c1ccc(C)c(C)c1. The molecule has 0 radical (unpaired) electrons. The van der Waals surface area contributed by atoms with Crippen LogP contribution in [0.25, 0.3) is 0 Å². The first kappa shape index (κ1) is 12.8. The molecular weight excluding hydrogens is 200 g/mol. The first-order valence-electron chi connectivity index (χ1n) is 5.66. The molecule has 0 aromatic heterocycles. The van der Waals surface area contributed by atoms with Crippen molar-refractivity contribution in [3.63, 3.8) is 0 Å². The Morgan fingerprint density at radius 1 is 1.19 bits per heavy atom. The average Bonchev–Trinajstić information content (AvgIpc) is 2.20. The number of hydrogen-bond acceptors (Lipinski definition) is 2. The monoisotopic (exact) mass is 220 g/mol. The molecule has 0 saturated heterocycles. The lowest BCUT2D eigenvalue weighted by molar-refractivity contribution is -0.146. The third-order valence-corrected chi connectivity index (χ3v) is 3.11. The zero-order valence-electron chi connectivity index (χ0n) is 10.7. The maximum absolute atomic E-state index is 10.9. The van der Waals surface area contributed by atoms with E-state index < -0.39 is 0 Å². The van der Waals surface area contributed by atoms with E-state index in [1.165, 1.54) is 23.6 Å². The van der Waals surface area contributed by atoms with Crippen LogP contribution in [0.3, 0.4) is 0 Å². The number of rotatable bonds is 3. The molecule has 0 bridgehead atoms. The fourth-order valence-corrected chi connectivity index (χ4v) is 1.68. The topological polar surface area (TPSA) is 26.3 Å². The largest absolute Gasteiger partial charge is 0.462 e. The summed E-state index contributed by atoms with van der Waals surface area (Å²) in [6.07, 6.45) is -0.0837. The molecule has 0 aliphatic rings. The van der Waals surface area contributed by atoms with Crippen LogP contribution in [0, 0.1) is 13.8 Å². The fourth-order valence-electron chi connectivity index (χ4n) is 1.68. The smallest absolute Gasteiger partial charge is 0.302 e. The molecule has 2 heteroatoms. The van der Waals surface area contributed by atoms with Crippen molar-refractivity contribution in [2.45, 2.75) is 46.6 Å². The average molecular weight is 220 g/mol. The lowest BCUT2D eigenvalue weighted by Gasteiger charge is -2.20. The molecule has 0 fully saturated rings. The summed E-state index contributed by atoms with van der Waals surface area (Å²) in [6, 6.07) is 6.38. The van der Waals surface area contributed by atoms with Crippen LogP contribution < -0.4 is 0 Å². The van der Waals surface area contributed by atoms with Gasteiger partial charge in [-0.2, -0.15) is 0 Å².